The molecule has 1 rings (SSSR count). The number of methoxy groups -OCH3 is 1. The van der Waals surface area contributed by atoms with E-state index in [0.717, 1.165) is 17.3 Å². The van der Waals surface area contributed by atoms with Gasteiger partial charge in [-0.2, -0.15) is 0 Å². The van der Waals surface area contributed by atoms with E-state index in [1.54, 1.807) is 18.9 Å². The fourth-order valence-electron chi connectivity index (χ4n) is 1.38. The van der Waals surface area contributed by atoms with Crippen LogP contribution < -0.4 is 10.6 Å². The number of thioether (sulfide) groups is 1. The second kappa shape index (κ2) is 7.55. The molecule has 0 aromatic carbocycles. The lowest BCUT2D eigenvalue weighted by Crippen LogP contribution is -2.44. The van der Waals surface area contributed by atoms with Gasteiger partial charge in [0.05, 0.1) is 12.6 Å². The Hall–Kier alpha value is -0.750. The molecule has 0 aromatic heterocycles. The van der Waals surface area contributed by atoms with E-state index in [1.807, 2.05) is 6.92 Å². The second-order valence-corrected chi connectivity index (χ2v) is 4.97. The van der Waals surface area contributed by atoms with E-state index in [9.17, 15) is 4.79 Å². The molecule has 1 aliphatic rings. The van der Waals surface area contributed by atoms with Gasteiger partial charge in [-0.05, 0) is 13.3 Å². The summed E-state index contributed by atoms with van der Waals surface area (Å²) in [4.78, 5) is 16.2. The van der Waals surface area contributed by atoms with E-state index in [2.05, 4.69) is 22.5 Å². The first-order valence-corrected chi connectivity index (χ1v) is 6.89. The highest BCUT2D eigenvalue weighted by Gasteiger charge is 2.20. The Labute approximate surface area is 107 Å². The van der Waals surface area contributed by atoms with Crippen molar-refractivity contribution in [2.75, 3.05) is 26.0 Å². The van der Waals surface area contributed by atoms with Crippen LogP contribution in [0.15, 0.2) is 4.99 Å². The van der Waals surface area contributed by atoms with Gasteiger partial charge in [0, 0.05) is 19.4 Å². The standard InChI is InChI=1S/C11H21N3O2S/c1-4-9-7-17-11(14-9)13-8(2)10(15)12-5-6-16-3/h8-9H,4-7H2,1-3H3,(H,12,15)(H,13,14). The maximum Gasteiger partial charge on any atom is 0.242 e. The first kappa shape index (κ1) is 14.3. The van der Waals surface area contributed by atoms with Gasteiger partial charge < -0.3 is 15.4 Å². The average Bonchev–Trinajstić information content (AvgIpc) is 2.77. The molecule has 0 bridgehead atoms. The molecule has 98 valence electrons. The van der Waals surface area contributed by atoms with E-state index in [1.165, 1.54) is 0 Å². The average molecular weight is 259 g/mol. The van der Waals surface area contributed by atoms with Crippen LogP contribution in [0.4, 0.5) is 0 Å². The van der Waals surface area contributed by atoms with Gasteiger partial charge in [0.25, 0.3) is 0 Å². The number of rotatable bonds is 6. The van der Waals surface area contributed by atoms with Crippen LogP contribution in [0, 0.1) is 0 Å². The van der Waals surface area contributed by atoms with Crippen LogP contribution >= 0.6 is 11.8 Å². The molecule has 2 unspecified atom stereocenters. The van der Waals surface area contributed by atoms with Crippen LogP contribution in [-0.2, 0) is 9.53 Å². The van der Waals surface area contributed by atoms with E-state index in [0.29, 0.717) is 19.2 Å². The van der Waals surface area contributed by atoms with Crippen molar-refractivity contribution in [3.05, 3.63) is 0 Å². The Balaban J connectivity index is 2.28. The lowest BCUT2D eigenvalue weighted by molar-refractivity contribution is -0.122. The normalized spacial score (nSPS) is 20.9. The summed E-state index contributed by atoms with van der Waals surface area (Å²) in [6.45, 7) is 5.04. The Morgan fingerprint density at radius 2 is 2.47 bits per heavy atom. The van der Waals surface area contributed by atoms with Gasteiger partial charge in [-0.1, -0.05) is 18.7 Å². The number of hydrogen-bond acceptors (Lipinski definition) is 5. The number of amides is 1. The van der Waals surface area contributed by atoms with E-state index in [4.69, 9.17) is 4.74 Å². The zero-order chi connectivity index (χ0) is 12.7. The molecule has 0 fully saturated rings. The maximum atomic E-state index is 11.7. The topological polar surface area (TPSA) is 62.7 Å². The van der Waals surface area contributed by atoms with Crippen molar-refractivity contribution >= 4 is 22.8 Å². The second-order valence-electron chi connectivity index (χ2n) is 3.96. The smallest absolute Gasteiger partial charge is 0.242 e. The number of ether oxygens (including phenoxy) is 1. The lowest BCUT2D eigenvalue weighted by Gasteiger charge is -2.14. The Kier molecular flexibility index (Phi) is 6.36. The van der Waals surface area contributed by atoms with Crippen LogP contribution in [0.5, 0.6) is 0 Å². The van der Waals surface area contributed by atoms with Crippen LogP contribution in [0.3, 0.4) is 0 Å². The summed E-state index contributed by atoms with van der Waals surface area (Å²) < 4.78 is 4.87. The van der Waals surface area contributed by atoms with Gasteiger partial charge in [-0.25, -0.2) is 0 Å². The molecule has 0 aliphatic carbocycles. The highest BCUT2D eigenvalue weighted by molar-refractivity contribution is 8.14. The molecule has 0 spiro atoms. The largest absolute Gasteiger partial charge is 0.383 e. The molecule has 0 aromatic rings. The number of carbonyl (C=O) groups is 1. The summed E-state index contributed by atoms with van der Waals surface area (Å²) in [6.07, 6.45) is 1.05. The lowest BCUT2D eigenvalue weighted by atomic mass is 10.3. The van der Waals surface area contributed by atoms with Gasteiger partial charge in [0.1, 0.15) is 6.04 Å². The molecule has 0 saturated carbocycles. The van der Waals surface area contributed by atoms with Crippen LogP contribution in [0.1, 0.15) is 20.3 Å². The molecule has 1 heterocycles. The number of carbonyl (C=O) groups excluding carboxylic acids is 1. The van der Waals surface area contributed by atoms with Crippen molar-refractivity contribution in [2.45, 2.75) is 32.4 Å². The fourth-order valence-corrected chi connectivity index (χ4v) is 2.53. The summed E-state index contributed by atoms with van der Waals surface area (Å²) in [5, 5.41) is 6.80. The molecular formula is C11H21N3O2S. The summed E-state index contributed by atoms with van der Waals surface area (Å²) in [5.74, 6) is 0.988. The zero-order valence-corrected chi connectivity index (χ0v) is 11.5. The summed E-state index contributed by atoms with van der Waals surface area (Å²) in [7, 11) is 1.61. The highest BCUT2D eigenvalue weighted by Crippen LogP contribution is 2.18. The van der Waals surface area contributed by atoms with E-state index in [-0.39, 0.29) is 11.9 Å². The molecule has 0 saturated heterocycles. The van der Waals surface area contributed by atoms with Crippen molar-refractivity contribution in [2.24, 2.45) is 4.99 Å². The van der Waals surface area contributed by atoms with Crippen molar-refractivity contribution in [3.63, 3.8) is 0 Å². The number of amidine groups is 1. The number of hydrogen-bond donors (Lipinski definition) is 2. The molecule has 1 amide bonds. The predicted octanol–water partition coefficient (Wildman–Crippen LogP) is 0.608. The zero-order valence-electron chi connectivity index (χ0n) is 10.7. The third-order valence-electron chi connectivity index (χ3n) is 2.52. The van der Waals surface area contributed by atoms with E-state index >= 15 is 0 Å². The molecular weight excluding hydrogens is 238 g/mol. The van der Waals surface area contributed by atoms with Crippen LogP contribution in [0.2, 0.25) is 0 Å². The van der Waals surface area contributed by atoms with Crippen molar-refractivity contribution in [1.82, 2.24) is 10.6 Å². The minimum Gasteiger partial charge on any atom is -0.383 e. The van der Waals surface area contributed by atoms with Gasteiger partial charge >= 0.3 is 0 Å². The van der Waals surface area contributed by atoms with Gasteiger partial charge in [0.15, 0.2) is 5.17 Å². The molecule has 5 nitrogen and oxygen atoms in total. The van der Waals surface area contributed by atoms with E-state index < -0.39 is 0 Å². The number of nitrogens with one attached hydrogen (secondary N) is 2. The molecule has 2 atom stereocenters. The first-order chi connectivity index (χ1) is 8.17. The third-order valence-corrected chi connectivity index (χ3v) is 3.57. The first-order valence-electron chi connectivity index (χ1n) is 5.91. The maximum absolute atomic E-state index is 11.7. The van der Waals surface area contributed by atoms with Crippen LogP contribution in [-0.4, -0.2) is 49.2 Å². The molecule has 17 heavy (non-hydrogen) atoms. The Morgan fingerprint density at radius 3 is 3.06 bits per heavy atom. The minimum atomic E-state index is -0.256. The SMILES string of the molecule is CCC1CSC(NC(C)C(=O)NCCOC)=N1. The number of aliphatic imine (C=N–C) groups is 1. The summed E-state index contributed by atoms with van der Waals surface area (Å²) in [5.41, 5.74) is 0. The fraction of sp³-hybridized carbons (Fsp3) is 0.818. The molecule has 1 aliphatic heterocycles. The van der Waals surface area contributed by atoms with Crippen molar-refractivity contribution < 1.29 is 9.53 Å². The van der Waals surface area contributed by atoms with Gasteiger partial charge in [-0.15, -0.1) is 0 Å². The molecule has 6 heteroatoms. The quantitative estimate of drug-likeness (QED) is 0.686. The van der Waals surface area contributed by atoms with Crippen molar-refractivity contribution in [3.8, 4) is 0 Å². The monoisotopic (exact) mass is 259 g/mol. The highest BCUT2D eigenvalue weighted by atomic mass is 32.2. The summed E-state index contributed by atoms with van der Waals surface area (Å²) >= 11 is 1.68. The molecule has 2 N–H and O–H groups in total. The predicted molar refractivity (Wildman–Crippen MR) is 71.5 cm³/mol. The number of nitrogens with zero attached hydrogens (tertiary/aromatic N) is 1. The third kappa shape index (κ3) is 4.95. The van der Waals surface area contributed by atoms with Gasteiger partial charge in [-0.3, -0.25) is 9.79 Å². The Morgan fingerprint density at radius 1 is 1.71 bits per heavy atom. The van der Waals surface area contributed by atoms with Gasteiger partial charge in [0.2, 0.25) is 5.91 Å². The van der Waals surface area contributed by atoms with Crippen LogP contribution in [0.25, 0.3) is 0 Å². The summed E-state index contributed by atoms with van der Waals surface area (Å²) in [6, 6.07) is 0.139. The van der Waals surface area contributed by atoms with Crippen molar-refractivity contribution in [1.29, 1.82) is 0 Å². The molecule has 0 radical (unpaired) electrons. The Bertz CT molecular complexity index is 284. The minimum absolute atomic E-state index is 0.0229.